The summed E-state index contributed by atoms with van der Waals surface area (Å²) < 4.78 is 10.9. The van der Waals surface area contributed by atoms with Crippen molar-refractivity contribution in [2.45, 2.75) is 58.9 Å². The van der Waals surface area contributed by atoms with Crippen LogP contribution >= 0.6 is 19.6 Å². The van der Waals surface area contributed by atoms with E-state index in [9.17, 15) is 0 Å². The third-order valence-electron chi connectivity index (χ3n) is 4.10. The molecular formula is C21H38ClN4O4PS. The van der Waals surface area contributed by atoms with Gasteiger partial charge in [0.1, 0.15) is 11.6 Å². The molecule has 5 N–H and O–H groups in total. The Balaban J connectivity index is -0.000000498. The van der Waals surface area contributed by atoms with Gasteiger partial charge in [0, 0.05) is 26.1 Å². The van der Waals surface area contributed by atoms with Crippen LogP contribution < -0.4 is 22.7 Å². The van der Waals surface area contributed by atoms with Gasteiger partial charge in [0.25, 0.3) is 0 Å². The number of hydrogen-bond donors (Lipinski definition) is 4. The smallest absolute Gasteiger partial charge is 0.314 e. The predicted molar refractivity (Wildman–Crippen MR) is 129 cm³/mol. The van der Waals surface area contributed by atoms with Crippen LogP contribution in [0.25, 0.3) is 0 Å². The second-order valence-electron chi connectivity index (χ2n) is 6.21. The Morgan fingerprint density at radius 3 is 2.00 bits per heavy atom. The second-order valence-corrected chi connectivity index (χ2v) is 7.72. The van der Waals surface area contributed by atoms with Crippen molar-refractivity contribution in [2.24, 2.45) is 0 Å². The lowest BCUT2D eigenvalue weighted by Crippen LogP contribution is -3.00. The van der Waals surface area contributed by atoms with Gasteiger partial charge in [-0.15, -0.1) is 26.3 Å². The molecule has 1 saturated carbocycles. The molecule has 0 unspecified atom stereocenters. The summed E-state index contributed by atoms with van der Waals surface area (Å²) in [6, 6.07) is 0. The summed E-state index contributed by atoms with van der Waals surface area (Å²) in [4.78, 5) is 23.8. The third kappa shape index (κ3) is 16.1. The van der Waals surface area contributed by atoms with Gasteiger partial charge in [-0.3, -0.25) is 4.57 Å². The summed E-state index contributed by atoms with van der Waals surface area (Å²) in [7, 11) is -3.13. The van der Waals surface area contributed by atoms with Crippen LogP contribution in [0.5, 0.6) is 0 Å². The molecule has 0 saturated heterocycles. The molecule has 2 aromatic rings. The van der Waals surface area contributed by atoms with Gasteiger partial charge in [0.2, 0.25) is 5.51 Å². The van der Waals surface area contributed by atoms with E-state index in [2.05, 4.69) is 40.9 Å². The SMILES string of the molecule is C1CCCC1.C=C.C=C.Cc1ncc(C[n+]2csc(CCO)c2C)c(N)n1.O=[PH](O)O.[Cl-]. The molecule has 3 rings (SSSR count). The van der Waals surface area contributed by atoms with Gasteiger partial charge in [0.05, 0.1) is 10.4 Å². The number of rotatable bonds is 4. The average molecular weight is 509 g/mol. The molecule has 1 fully saturated rings. The van der Waals surface area contributed by atoms with Crippen molar-refractivity contribution in [2.75, 3.05) is 12.3 Å². The molecule has 0 amide bonds. The van der Waals surface area contributed by atoms with Gasteiger partial charge in [-0.1, -0.05) is 43.4 Å². The molecule has 0 spiro atoms. The molecule has 0 aliphatic heterocycles. The number of aliphatic hydroxyl groups is 1. The van der Waals surface area contributed by atoms with Crippen molar-refractivity contribution in [3.05, 3.63) is 60.0 Å². The molecule has 1 aliphatic carbocycles. The summed E-state index contributed by atoms with van der Waals surface area (Å²) in [5.41, 5.74) is 10.0. The van der Waals surface area contributed by atoms with Crippen LogP contribution in [0.1, 0.15) is 54.1 Å². The Kier molecular flexibility index (Phi) is 24.7. The van der Waals surface area contributed by atoms with Crippen LogP contribution in [0.2, 0.25) is 0 Å². The third-order valence-corrected chi connectivity index (χ3v) is 5.25. The normalized spacial score (nSPS) is 11.2. The number of aryl methyl sites for hydroxylation is 1. The Morgan fingerprint density at radius 1 is 1.12 bits per heavy atom. The van der Waals surface area contributed by atoms with Gasteiger partial charge in [-0.05, 0) is 6.92 Å². The van der Waals surface area contributed by atoms with Crippen LogP contribution in [-0.2, 0) is 17.5 Å². The van der Waals surface area contributed by atoms with Crippen molar-refractivity contribution >= 4 is 25.4 Å². The molecule has 1 aliphatic rings. The molecular weight excluding hydrogens is 471 g/mol. The van der Waals surface area contributed by atoms with Gasteiger partial charge < -0.3 is 33.0 Å². The monoisotopic (exact) mass is 508 g/mol. The Hall–Kier alpha value is -1.61. The van der Waals surface area contributed by atoms with E-state index in [4.69, 9.17) is 25.2 Å². The predicted octanol–water partition coefficient (Wildman–Crippen LogP) is 0.527. The Bertz CT molecular complexity index is 748. The van der Waals surface area contributed by atoms with Crippen molar-refractivity contribution in [3.63, 3.8) is 0 Å². The Morgan fingerprint density at radius 2 is 1.59 bits per heavy atom. The molecule has 0 atom stereocenters. The summed E-state index contributed by atoms with van der Waals surface area (Å²) in [5, 5.41) is 8.98. The first-order chi connectivity index (χ1) is 14.8. The first-order valence-electron chi connectivity index (χ1n) is 9.92. The molecule has 11 heteroatoms. The quantitative estimate of drug-likeness (QED) is 0.269. The van der Waals surface area contributed by atoms with E-state index in [0.29, 0.717) is 24.6 Å². The van der Waals surface area contributed by atoms with E-state index >= 15 is 0 Å². The van der Waals surface area contributed by atoms with Gasteiger partial charge in [0.15, 0.2) is 12.2 Å². The van der Waals surface area contributed by atoms with Crippen LogP contribution in [0.4, 0.5) is 5.82 Å². The highest BCUT2D eigenvalue weighted by Gasteiger charge is 2.16. The zero-order chi connectivity index (χ0) is 24.2. The van der Waals surface area contributed by atoms with Crippen LogP contribution in [0.3, 0.4) is 0 Å². The summed E-state index contributed by atoms with van der Waals surface area (Å²) in [5.74, 6) is 1.22. The van der Waals surface area contributed by atoms with Crippen LogP contribution in [0.15, 0.2) is 38.0 Å². The zero-order valence-electron chi connectivity index (χ0n) is 19.1. The number of hydrogen-bond acceptors (Lipinski definition) is 6. The van der Waals surface area contributed by atoms with E-state index in [1.807, 2.05) is 19.4 Å². The molecule has 0 aromatic carbocycles. The number of nitrogens with two attached hydrogens (primary N) is 1. The van der Waals surface area contributed by atoms with Crippen molar-refractivity contribution in [1.82, 2.24) is 9.97 Å². The maximum atomic E-state index is 8.98. The minimum atomic E-state index is -3.13. The number of anilines is 1. The molecule has 2 aromatic heterocycles. The molecule has 8 nitrogen and oxygen atoms in total. The molecule has 0 radical (unpaired) electrons. The number of nitrogens with zero attached hydrogens (tertiary/aromatic N) is 3. The summed E-state index contributed by atoms with van der Waals surface area (Å²) >= 11 is 1.65. The lowest BCUT2D eigenvalue weighted by Gasteiger charge is -2.01. The minimum Gasteiger partial charge on any atom is -1.00 e. The number of thiazole rings is 1. The minimum absolute atomic E-state index is 0. The van der Waals surface area contributed by atoms with E-state index < -0.39 is 8.25 Å². The fourth-order valence-corrected chi connectivity index (χ4v) is 3.63. The molecule has 184 valence electrons. The maximum Gasteiger partial charge on any atom is 0.314 e. The highest BCUT2D eigenvalue weighted by Crippen LogP contribution is 2.15. The van der Waals surface area contributed by atoms with E-state index in [1.54, 1.807) is 17.5 Å². The van der Waals surface area contributed by atoms with Crippen molar-refractivity contribution < 1.29 is 36.4 Å². The van der Waals surface area contributed by atoms with Crippen LogP contribution in [0, 0.1) is 13.8 Å². The Labute approximate surface area is 202 Å². The van der Waals surface area contributed by atoms with E-state index in [0.717, 1.165) is 11.3 Å². The zero-order valence-corrected chi connectivity index (χ0v) is 21.7. The summed E-state index contributed by atoms with van der Waals surface area (Å²) in [6.45, 7) is 16.7. The fourth-order valence-electron chi connectivity index (χ4n) is 2.65. The number of nitrogen functional groups attached to an aromatic ring is 1. The largest absolute Gasteiger partial charge is 1.00 e. The van der Waals surface area contributed by atoms with E-state index in [-0.39, 0.29) is 19.0 Å². The van der Waals surface area contributed by atoms with Crippen molar-refractivity contribution in [1.29, 1.82) is 0 Å². The van der Waals surface area contributed by atoms with Gasteiger partial charge >= 0.3 is 8.25 Å². The summed E-state index contributed by atoms with van der Waals surface area (Å²) in [6.07, 6.45) is 9.97. The molecule has 2 heterocycles. The number of aromatic nitrogens is 3. The van der Waals surface area contributed by atoms with Gasteiger partial charge in [-0.2, -0.15) is 4.57 Å². The number of halogens is 1. The highest BCUT2D eigenvalue weighted by atomic mass is 35.5. The standard InChI is InChI=1S/C12H17N4OS.C5H10.2C2H4.ClH.H3O3P/c1-8-11(3-4-17)18-7-16(8)6-10-5-14-9(2)15-12(10)13;1-2-4-5-3-1;2*1-2;;1-4(2)3/h5,7,17H,3-4,6H2,1-2H3,(H2,13,14,15);1-5H2;2*1-2H2;1H;4H,(H2,1,2,3)/q+1;;;;;/p-1. The molecule has 0 bridgehead atoms. The van der Waals surface area contributed by atoms with Crippen LogP contribution in [-0.4, -0.2) is 31.5 Å². The topological polar surface area (TPSA) is 133 Å². The maximum absolute atomic E-state index is 8.98. The molecule has 32 heavy (non-hydrogen) atoms. The first kappa shape index (κ1) is 35.0. The van der Waals surface area contributed by atoms with Gasteiger partial charge in [-0.25, -0.2) is 9.97 Å². The second kappa shape index (κ2) is 22.6. The van der Waals surface area contributed by atoms with E-state index in [1.165, 1.54) is 37.0 Å². The average Bonchev–Trinajstić information content (AvgIpc) is 3.43. The van der Waals surface area contributed by atoms with Crippen molar-refractivity contribution in [3.8, 4) is 0 Å². The highest BCUT2D eigenvalue weighted by molar-refractivity contribution is 7.30. The lowest BCUT2D eigenvalue weighted by molar-refractivity contribution is -0.689. The lowest BCUT2D eigenvalue weighted by atomic mass is 10.2. The number of aliphatic hydroxyl groups excluding tert-OH is 1. The fraction of sp³-hybridized carbons (Fsp3) is 0.476. The first-order valence-corrected chi connectivity index (χ1v) is 12.1.